The summed E-state index contributed by atoms with van der Waals surface area (Å²) in [6.07, 6.45) is 0. The van der Waals surface area contributed by atoms with E-state index in [-0.39, 0.29) is 4.83 Å². The Kier molecular flexibility index (Phi) is 3.57. The zero-order chi connectivity index (χ0) is 12.4. The summed E-state index contributed by atoms with van der Waals surface area (Å²) in [6.45, 7) is 1.95. The molecule has 17 heavy (non-hydrogen) atoms. The van der Waals surface area contributed by atoms with Gasteiger partial charge in [-0.1, -0.05) is 40.2 Å². The highest BCUT2D eigenvalue weighted by atomic mass is 79.9. The number of alkyl halides is 1. The van der Waals surface area contributed by atoms with Gasteiger partial charge < -0.3 is 0 Å². The standard InChI is InChI=1S/C14H11BrF2/c1-9-4-2-3-5-11(9)14(15)12-8-10(16)6-7-13(12)17/h2-8,14H,1H3. The van der Waals surface area contributed by atoms with Crippen LogP contribution in [0.25, 0.3) is 0 Å². The van der Waals surface area contributed by atoms with Gasteiger partial charge in [-0.3, -0.25) is 0 Å². The molecule has 0 N–H and O–H groups in total. The van der Waals surface area contributed by atoms with Crippen molar-refractivity contribution < 1.29 is 8.78 Å². The van der Waals surface area contributed by atoms with Gasteiger partial charge in [0.2, 0.25) is 0 Å². The Morgan fingerprint density at radius 1 is 1.00 bits per heavy atom. The van der Waals surface area contributed by atoms with E-state index < -0.39 is 11.6 Å². The maximum absolute atomic E-state index is 13.6. The monoisotopic (exact) mass is 296 g/mol. The molecular weight excluding hydrogens is 286 g/mol. The largest absolute Gasteiger partial charge is 0.207 e. The summed E-state index contributed by atoms with van der Waals surface area (Å²) in [4.78, 5) is -0.334. The van der Waals surface area contributed by atoms with Gasteiger partial charge in [-0.2, -0.15) is 0 Å². The van der Waals surface area contributed by atoms with Crippen LogP contribution in [0.15, 0.2) is 42.5 Å². The highest BCUT2D eigenvalue weighted by Crippen LogP contribution is 2.34. The van der Waals surface area contributed by atoms with Crippen molar-refractivity contribution >= 4 is 15.9 Å². The molecule has 0 aliphatic carbocycles. The predicted molar refractivity (Wildman–Crippen MR) is 68.3 cm³/mol. The van der Waals surface area contributed by atoms with Crippen LogP contribution in [0.2, 0.25) is 0 Å². The van der Waals surface area contributed by atoms with E-state index in [0.717, 1.165) is 23.3 Å². The van der Waals surface area contributed by atoms with Crippen molar-refractivity contribution in [1.82, 2.24) is 0 Å². The third-order valence-electron chi connectivity index (χ3n) is 2.69. The van der Waals surface area contributed by atoms with Crippen LogP contribution in [0.3, 0.4) is 0 Å². The molecule has 0 radical (unpaired) electrons. The lowest BCUT2D eigenvalue weighted by molar-refractivity contribution is 0.588. The lowest BCUT2D eigenvalue weighted by Crippen LogP contribution is -1.99. The van der Waals surface area contributed by atoms with Crippen LogP contribution >= 0.6 is 15.9 Å². The van der Waals surface area contributed by atoms with Crippen LogP contribution < -0.4 is 0 Å². The maximum atomic E-state index is 13.6. The number of halogens is 3. The second-order valence-corrected chi connectivity index (χ2v) is 4.80. The Bertz CT molecular complexity index is 537. The molecule has 0 nitrogen and oxygen atoms in total. The van der Waals surface area contributed by atoms with Gasteiger partial charge in [0.05, 0.1) is 4.83 Å². The van der Waals surface area contributed by atoms with Crippen LogP contribution in [-0.2, 0) is 0 Å². The maximum Gasteiger partial charge on any atom is 0.128 e. The van der Waals surface area contributed by atoms with Gasteiger partial charge in [-0.25, -0.2) is 8.78 Å². The fourth-order valence-electron chi connectivity index (χ4n) is 1.75. The molecule has 0 aliphatic heterocycles. The van der Waals surface area contributed by atoms with Crippen molar-refractivity contribution in [3.8, 4) is 0 Å². The van der Waals surface area contributed by atoms with Gasteiger partial charge in [-0.05, 0) is 36.2 Å². The van der Waals surface area contributed by atoms with E-state index in [9.17, 15) is 8.78 Å². The number of hydrogen-bond donors (Lipinski definition) is 0. The van der Waals surface area contributed by atoms with Crippen LogP contribution in [0, 0.1) is 18.6 Å². The lowest BCUT2D eigenvalue weighted by atomic mass is 10.00. The van der Waals surface area contributed by atoms with Crippen molar-refractivity contribution in [2.75, 3.05) is 0 Å². The summed E-state index contributed by atoms with van der Waals surface area (Å²) in [6, 6.07) is 11.1. The molecule has 0 saturated carbocycles. The molecule has 2 aromatic rings. The van der Waals surface area contributed by atoms with Gasteiger partial charge in [0.15, 0.2) is 0 Å². The number of aryl methyl sites for hydroxylation is 1. The summed E-state index contributed by atoms with van der Waals surface area (Å²) in [5.74, 6) is -0.837. The molecule has 1 unspecified atom stereocenters. The van der Waals surface area contributed by atoms with Gasteiger partial charge in [0, 0.05) is 5.56 Å². The molecule has 0 aromatic heterocycles. The third kappa shape index (κ3) is 2.55. The highest BCUT2D eigenvalue weighted by molar-refractivity contribution is 9.09. The van der Waals surface area contributed by atoms with Gasteiger partial charge in [0.1, 0.15) is 11.6 Å². The first-order valence-corrected chi connectivity index (χ1v) is 6.15. The fourth-order valence-corrected chi connectivity index (χ4v) is 2.61. The Morgan fingerprint density at radius 3 is 2.41 bits per heavy atom. The van der Waals surface area contributed by atoms with E-state index in [1.165, 1.54) is 6.07 Å². The second kappa shape index (κ2) is 4.96. The fraction of sp³-hybridized carbons (Fsp3) is 0.143. The summed E-state index contributed by atoms with van der Waals surface area (Å²) in [7, 11) is 0. The molecule has 0 fully saturated rings. The molecular formula is C14H11BrF2. The van der Waals surface area contributed by atoms with Gasteiger partial charge in [0.25, 0.3) is 0 Å². The first kappa shape index (κ1) is 12.2. The van der Waals surface area contributed by atoms with E-state index in [0.29, 0.717) is 5.56 Å². The van der Waals surface area contributed by atoms with E-state index in [4.69, 9.17) is 0 Å². The SMILES string of the molecule is Cc1ccccc1C(Br)c1cc(F)ccc1F. The highest BCUT2D eigenvalue weighted by Gasteiger charge is 2.16. The van der Waals surface area contributed by atoms with Crippen molar-refractivity contribution in [3.63, 3.8) is 0 Å². The molecule has 0 amide bonds. The smallest absolute Gasteiger partial charge is 0.128 e. The zero-order valence-electron chi connectivity index (χ0n) is 9.25. The average Bonchev–Trinajstić information content (AvgIpc) is 2.32. The van der Waals surface area contributed by atoms with Crippen LogP contribution in [0.5, 0.6) is 0 Å². The van der Waals surface area contributed by atoms with Crippen molar-refractivity contribution in [2.45, 2.75) is 11.8 Å². The van der Waals surface area contributed by atoms with Crippen LogP contribution in [0.1, 0.15) is 21.5 Å². The molecule has 0 heterocycles. The molecule has 1 atom stereocenters. The Morgan fingerprint density at radius 2 is 1.71 bits per heavy atom. The molecule has 2 rings (SSSR count). The quantitative estimate of drug-likeness (QED) is 0.701. The van der Waals surface area contributed by atoms with E-state index >= 15 is 0 Å². The Balaban J connectivity index is 2.47. The topological polar surface area (TPSA) is 0 Å². The first-order chi connectivity index (χ1) is 8.09. The summed E-state index contributed by atoms with van der Waals surface area (Å²) in [5.41, 5.74) is 2.30. The summed E-state index contributed by atoms with van der Waals surface area (Å²) in [5, 5.41) is 0. The van der Waals surface area contributed by atoms with Crippen LogP contribution in [-0.4, -0.2) is 0 Å². The molecule has 88 valence electrons. The third-order valence-corrected chi connectivity index (χ3v) is 3.68. The van der Waals surface area contributed by atoms with Gasteiger partial charge >= 0.3 is 0 Å². The normalized spacial score (nSPS) is 12.5. The van der Waals surface area contributed by atoms with Crippen molar-refractivity contribution in [3.05, 3.63) is 70.8 Å². The average molecular weight is 297 g/mol. The van der Waals surface area contributed by atoms with E-state index in [1.54, 1.807) is 0 Å². The predicted octanol–water partition coefficient (Wildman–Crippen LogP) is 4.76. The molecule has 0 aliphatic rings. The van der Waals surface area contributed by atoms with Gasteiger partial charge in [-0.15, -0.1) is 0 Å². The minimum Gasteiger partial charge on any atom is -0.207 e. The van der Waals surface area contributed by atoms with Crippen molar-refractivity contribution in [1.29, 1.82) is 0 Å². The molecule has 2 aromatic carbocycles. The minimum absolute atomic E-state index is 0.319. The molecule has 3 heteroatoms. The van der Waals surface area contributed by atoms with Crippen LogP contribution in [0.4, 0.5) is 8.78 Å². The molecule has 0 spiro atoms. The minimum atomic E-state index is -0.431. The molecule has 0 saturated heterocycles. The first-order valence-electron chi connectivity index (χ1n) is 5.24. The second-order valence-electron chi connectivity index (χ2n) is 3.88. The summed E-state index contributed by atoms with van der Waals surface area (Å²) < 4.78 is 26.8. The number of rotatable bonds is 2. The molecule has 0 bridgehead atoms. The lowest BCUT2D eigenvalue weighted by Gasteiger charge is -2.14. The van der Waals surface area contributed by atoms with E-state index in [2.05, 4.69) is 15.9 Å². The zero-order valence-corrected chi connectivity index (χ0v) is 10.8. The Hall–Kier alpha value is -1.22. The number of hydrogen-bond acceptors (Lipinski definition) is 0. The van der Waals surface area contributed by atoms with Crippen molar-refractivity contribution in [2.24, 2.45) is 0 Å². The summed E-state index contributed by atoms with van der Waals surface area (Å²) >= 11 is 3.42. The van der Waals surface area contributed by atoms with E-state index in [1.807, 2.05) is 31.2 Å². The number of benzene rings is 2. The Labute approximate surface area is 107 Å².